The molecule has 0 rings (SSSR count). The van der Waals surface area contributed by atoms with Crippen molar-refractivity contribution in [2.75, 3.05) is 0 Å². The van der Waals surface area contributed by atoms with Crippen molar-refractivity contribution in [2.24, 2.45) is 35.5 Å². The summed E-state index contributed by atoms with van der Waals surface area (Å²) < 4.78 is 0. The van der Waals surface area contributed by atoms with E-state index >= 15 is 0 Å². The van der Waals surface area contributed by atoms with Crippen LogP contribution in [0.2, 0.25) is 0 Å². The summed E-state index contributed by atoms with van der Waals surface area (Å²) in [4.78, 5) is 0. The van der Waals surface area contributed by atoms with Gasteiger partial charge in [-0.25, -0.2) is 0 Å². The highest BCUT2D eigenvalue weighted by Gasteiger charge is 2.30. The monoisotopic (exact) mass is 226 g/mol. The lowest BCUT2D eigenvalue weighted by Gasteiger charge is -2.38. The lowest BCUT2D eigenvalue weighted by Crippen LogP contribution is -2.30. The third kappa shape index (κ3) is 4.11. The lowest BCUT2D eigenvalue weighted by molar-refractivity contribution is 0.114. The van der Waals surface area contributed by atoms with E-state index < -0.39 is 0 Å². The van der Waals surface area contributed by atoms with Gasteiger partial charge in [-0.2, -0.15) is 0 Å². The molecule has 0 radical (unpaired) electrons. The Morgan fingerprint density at radius 2 is 0.812 bits per heavy atom. The summed E-state index contributed by atoms with van der Waals surface area (Å²) in [5.74, 6) is 5.16. The maximum Gasteiger partial charge on any atom is -0.0358 e. The lowest BCUT2D eigenvalue weighted by atomic mass is 9.68. The van der Waals surface area contributed by atoms with Gasteiger partial charge in [0.1, 0.15) is 0 Å². The molecule has 0 aliphatic heterocycles. The maximum atomic E-state index is 2.45. The second-order valence-corrected chi connectivity index (χ2v) is 6.35. The molecule has 0 fully saturated rings. The summed E-state index contributed by atoms with van der Waals surface area (Å²) in [7, 11) is 0. The van der Waals surface area contributed by atoms with Crippen LogP contribution in [0.4, 0.5) is 0 Å². The van der Waals surface area contributed by atoms with E-state index in [1.165, 1.54) is 12.8 Å². The molecule has 0 amide bonds. The summed E-state index contributed by atoms with van der Waals surface area (Å²) in [5, 5.41) is 0. The molecule has 0 aliphatic carbocycles. The Labute approximate surface area is 104 Å². The van der Waals surface area contributed by atoms with E-state index in [2.05, 4.69) is 55.4 Å². The zero-order chi connectivity index (χ0) is 12.9. The smallest absolute Gasteiger partial charge is 0.0358 e. The Morgan fingerprint density at radius 3 is 0.938 bits per heavy atom. The number of rotatable bonds is 7. The molecule has 0 aromatic heterocycles. The first-order valence-corrected chi connectivity index (χ1v) is 7.36. The number of hydrogen-bond acceptors (Lipinski definition) is 0. The van der Waals surface area contributed by atoms with Crippen molar-refractivity contribution in [3.05, 3.63) is 0 Å². The van der Waals surface area contributed by atoms with Crippen molar-refractivity contribution in [1.29, 1.82) is 0 Å². The molecule has 0 aromatic rings. The first-order valence-electron chi connectivity index (χ1n) is 7.36. The normalized spacial score (nSPS) is 19.9. The van der Waals surface area contributed by atoms with E-state index in [1.807, 2.05) is 0 Å². The van der Waals surface area contributed by atoms with Crippen LogP contribution >= 0.6 is 0 Å². The van der Waals surface area contributed by atoms with E-state index in [9.17, 15) is 0 Å². The van der Waals surface area contributed by atoms with E-state index in [1.54, 1.807) is 0 Å². The Bertz CT molecular complexity index is 149. The highest BCUT2D eigenvalue weighted by molar-refractivity contribution is 4.79. The molecule has 0 saturated carbocycles. The van der Waals surface area contributed by atoms with Gasteiger partial charge in [0.25, 0.3) is 0 Å². The minimum atomic E-state index is 0.818. The van der Waals surface area contributed by atoms with E-state index in [-0.39, 0.29) is 0 Å². The minimum absolute atomic E-state index is 0.818. The fourth-order valence-corrected chi connectivity index (χ4v) is 3.12. The van der Waals surface area contributed by atoms with Gasteiger partial charge < -0.3 is 0 Å². The fourth-order valence-electron chi connectivity index (χ4n) is 3.12. The van der Waals surface area contributed by atoms with E-state index in [0.29, 0.717) is 0 Å². The molecular weight excluding hydrogens is 192 g/mol. The van der Waals surface area contributed by atoms with Gasteiger partial charge in [-0.1, -0.05) is 68.2 Å². The van der Waals surface area contributed by atoms with E-state index in [0.717, 1.165) is 35.5 Å². The van der Waals surface area contributed by atoms with Gasteiger partial charge in [0.2, 0.25) is 0 Å². The Morgan fingerprint density at radius 1 is 0.562 bits per heavy atom. The van der Waals surface area contributed by atoms with Crippen LogP contribution in [-0.4, -0.2) is 0 Å². The highest BCUT2D eigenvalue weighted by atomic mass is 14.4. The highest BCUT2D eigenvalue weighted by Crippen LogP contribution is 2.38. The maximum absolute atomic E-state index is 2.45. The van der Waals surface area contributed by atoms with Crippen molar-refractivity contribution in [1.82, 2.24) is 0 Å². The van der Waals surface area contributed by atoms with Gasteiger partial charge in [0, 0.05) is 0 Å². The third-order valence-corrected chi connectivity index (χ3v) is 4.95. The molecule has 0 spiro atoms. The zero-order valence-corrected chi connectivity index (χ0v) is 12.9. The molecule has 0 heteroatoms. The molecule has 0 aromatic carbocycles. The summed E-state index contributed by atoms with van der Waals surface area (Å²) in [6, 6.07) is 0. The molecule has 0 N–H and O–H groups in total. The second-order valence-electron chi connectivity index (χ2n) is 6.35. The van der Waals surface area contributed by atoms with Crippen molar-refractivity contribution in [3.63, 3.8) is 0 Å². The third-order valence-electron chi connectivity index (χ3n) is 4.95. The topological polar surface area (TPSA) is 0 Å². The van der Waals surface area contributed by atoms with Crippen LogP contribution in [-0.2, 0) is 0 Å². The molecule has 98 valence electrons. The van der Waals surface area contributed by atoms with Gasteiger partial charge in [0.15, 0.2) is 0 Å². The average Bonchev–Trinajstić information content (AvgIpc) is 2.23. The summed E-state index contributed by atoms with van der Waals surface area (Å²) in [5.41, 5.74) is 0. The zero-order valence-electron chi connectivity index (χ0n) is 12.9. The predicted octanol–water partition coefficient (Wildman–Crippen LogP) is 5.62. The largest absolute Gasteiger partial charge is 0.0651 e. The van der Waals surface area contributed by atoms with Gasteiger partial charge in [-0.15, -0.1) is 0 Å². The standard InChI is InChI=1S/C16H34/c1-9-15(13(7)11(3)4)16(10-2)14(8)12(5)6/h11-16H,9-10H2,1-8H3. The first-order chi connectivity index (χ1) is 7.36. The molecule has 0 aliphatic rings. The molecule has 0 heterocycles. The van der Waals surface area contributed by atoms with Crippen molar-refractivity contribution in [2.45, 2.75) is 68.2 Å². The van der Waals surface area contributed by atoms with Crippen molar-refractivity contribution in [3.8, 4) is 0 Å². The minimum Gasteiger partial charge on any atom is -0.0651 e. The van der Waals surface area contributed by atoms with Crippen LogP contribution < -0.4 is 0 Å². The van der Waals surface area contributed by atoms with Crippen LogP contribution in [0.5, 0.6) is 0 Å². The average molecular weight is 226 g/mol. The Hall–Kier alpha value is 0. The van der Waals surface area contributed by atoms with Gasteiger partial charge in [-0.05, 0) is 35.5 Å². The Kier molecular flexibility index (Phi) is 7.35. The second kappa shape index (κ2) is 7.35. The first kappa shape index (κ1) is 16.0. The number of hydrogen-bond donors (Lipinski definition) is 0. The van der Waals surface area contributed by atoms with Crippen LogP contribution in [0, 0.1) is 35.5 Å². The summed E-state index contributed by atoms with van der Waals surface area (Å²) in [6.07, 6.45) is 2.68. The summed E-state index contributed by atoms with van der Waals surface area (Å²) >= 11 is 0. The molecule has 16 heavy (non-hydrogen) atoms. The quantitative estimate of drug-likeness (QED) is 0.528. The van der Waals surface area contributed by atoms with Gasteiger partial charge >= 0.3 is 0 Å². The molecule has 4 atom stereocenters. The van der Waals surface area contributed by atoms with Crippen LogP contribution in [0.3, 0.4) is 0 Å². The van der Waals surface area contributed by atoms with Gasteiger partial charge in [0.05, 0.1) is 0 Å². The van der Waals surface area contributed by atoms with Crippen LogP contribution in [0.25, 0.3) is 0 Å². The van der Waals surface area contributed by atoms with Crippen LogP contribution in [0.15, 0.2) is 0 Å². The Balaban J connectivity index is 4.74. The predicted molar refractivity (Wildman–Crippen MR) is 75.6 cm³/mol. The molecular formula is C16H34. The van der Waals surface area contributed by atoms with Crippen LogP contribution in [0.1, 0.15) is 68.2 Å². The molecule has 0 bridgehead atoms. The van der Waals surface area contributed by atoms with Crippen molar-refractivity contribution < 1.29 is 0 Å². The SMILES string of the molecule is CCC(C(C)C(C)C)C(CC)C(C)C(C)C. The summed E-state index contributed by atoms with van der Waals surface area (Å²) in [6.45, 7) is 19.2. The molecule has 4 unspecified atom stereocenters. The fraction of sp³-hybridized carbons (Fsp3) is 1.00. The van der Waals surface area contributed by atoms with Crippen molar-refractivity contribution >= 4 is 0 Å². The molecule has 0 nitrogen and oxygen atoms in total. The van der Waals surface area contributed by atoms with Gasteiger partial charge in [-0.3, -0.25) is 0 Å². The van der Waals surface area contributed by atoms with E-state index in [4.69, 9.17) is 0 Å². The molecule has 0 saturated heterocycles.